The minimum atomic E-state index is -1.49. The van der Waals surface area contributed by atoms with Gasteiger partial charge >= 0.3 is 5.97 Å². The van der Waals surface area contributed by atoms with Crippen molar-refractivity contribution in [2.45, 2.75) is 0 Å². The minimum absolute atomic E-state index is 0.0840. The largest absolute Gasteiger partial charge is 0.475 e. The van der Waals surface area contributed by atoms with E-state index in [4.69, 9.17) is 5.11 Å². The monoisotopic (exact) mass is 309 g/mol. The lowest BCUT2D eigenvalue weighted by atomic mass is 10.0. The van der Waals surface area contributed by atoms with E-state index >= 15 is 0 Å². The van der Waals surface area contributed by atoms with Gasteiger partial charge in [0.05, 0.1) is 16.8 Å². The second-order valence-corrected chi connectivity index (χ2v) is 5.58. The van der Waals surface area contributed by atoms with E-state index < -0.39 is 11.8 Å². The van der Waals surface area contributed by atoms with Gasteiger partial charge in [-0.05, 0) is 29.7 Å². The zero-order valence-corrected chi connectivity index (χ0v) is 12.2. The van der Waals surface area contributed by atoms with Crippen molar-refractivity contribution >= 4 is 45.6 Å². The van der Waals surface area contributed by atoms with E-state index in [1.54, 1.807) is 12.1 Å². The molecule has 0 spiro atoms. The molecule has 2 aromatic heterocycles. The normalized spacial score (nSPS) is 11.5. The van der Waals surface area contributed by atoms with Crippen LogP contribution in [-0.2, 0) is 9.59 Å². The predicted octanol–water partition coefficient (Wildman–Crippen LogP) is 3.49. The van der Waals surface area contributed by atoms with Crippen LogP contribution in [0.25, 0.3) is 22.6 Å². The Morgan fingerprint density at radius 1 is 1.05 bits per heavy atom. The average Bonchev–Trinajstić information content (AvgIpc) is 3.04. The molecule has 1 aromatic carbocycles. The Bertz CT molecular complexity index is 882. The third-order valence-electron chi connectivity index (χ3n) is 3.14. The molecule has 0 atom stereocenters. The van der Waals surface area contributed by atoms with Crippen molar-refractivity contribution in [3.8, 4) is 0 Å². The van der Waals surface area contributed by atoms with Gasteiger partial charge in [-0.1, -0.05) is 30.3 Å². The fourth-order valence-electron chi connectivity index (χ4n) is 2.10. The van der Waals surface area contributed by atoms with Gasteiger partial charge in [0.15, 0.2) is 0 Å². The summed E-state index contributed by atoms with van der Waals surface area (Å²) < 4.78 is 0. The first kappa shape index (κ1) is 14.2. The summed E-state index contributed by atoms with van der Waals surface area (Å²) in [6, 6.07) is 14.6. The number of aliphatic carboxylic acids is 1. The number of carboxylic acids is 1. The molecule has 0 radical (unpaired) electrons. The molecule has 0 unspecified atom stereocenters. The number of rotatable bonds is 4. The number of nitrogens with zero attached hydrogens (tertiary/aromatic N) is 1. The highest BCUT2D eigenvalue weighted by Gasteiger charge is 2.21. The first-order valence-electron chi connectivity index (χ1n) is 6.54. The molecule has 0 amide bonds. The lowest BCUT2D eigenvalue weighted by Gasteiger charge is -2.05. The standard InChI is InChI=1S/C17H11NO3S/c19-16(17(20)21)13(10-12-5-3-9-22-12)15-8-7-11-4-1-2-6-14(11)18-15/h1-10H,(H,20,21)/b13-10+. The van der Waals surface area contributed by atoms with E-state index in [-0.39, 0.29) is 5.57 Å². The Hall–Kier alpha value is -2.79. The van der Waals surface area contributed by atoms with Crippen molar-refractivity contribution in [2.75, 3.05) is 0 Å². The van der Waals surface area contributed by atoms with Crippen LogP contribution in [0.15, 0.2) is 53.9 Å². The summed E-state index contributed by atoms with van der Waals surface area (Å²) in [6.07, 6.45) is 1.57. The number of para-hydroxylation sites is 1. The molecule has 22 heavy (non-hydrogen) atoms. The van der Waals surface area contributed by atoms with Gasteiger partial charge < -0.3 is 5.11 Å². The maximum Gasteiger partial charge on any atom is 0.377 e. The molecule has 0 aliphatic rings. The number of carbonyl (C=O) groups excluding carboxylic acids is 1. The number of carboxylic acid groups (broad SMARTS) is 1. The summed E-state index contributed by atoms with van der Waals surface area (Å²) in [6.45, 7) is 0. The first-order chi connectivity index (χ1) is 10.6. The summed E-state index contributed by atoms with van der Waals surface area (Å²) in [7, 11) is 0. The van der Waals surface area contributed by atoms with E-state index in [9.17, 15) is 9.59 Å². The summed E-state index contributed by atoms with van der Waals surface area (Å²) in [5, 5.41) is 11.8. The summed E-state index contributed by atoms with van der Waals surface area (Å²) >= 11 is 1.43. The van der Waals surface area contributed by atoms with Crippen molar-refractivity contribution < 1.29 is 14.7 Å². The molecule has 0 bridgehead atoms. The lowest BCUT2D eigenvalue weighted by molar-refractivity contribution is -0.146. The molecule has 3 rings (SSSR count). The van der Waals surface area contributed by atoms with E-state index in [0.717, 1.165) is 15.8 Å². The van der Waals surface area contributed by atoms with Crippen molar-refractivity contribution in [3.63, 3.8) is 0 Å². The molecule has 0 fully saturated rings. The van der Waals surface area contributed by atoms with Crippen LogP contribution in [0.3, 0.4) is 0 Å². The van der Waals surface area contributed by atoms with Crippen LogP contribution in [0.2, 0.25) is 0 Å². The molecule has 0 saturated carbocycles. The fraction of sp³-hybridized carbons (Fsp3) is 0. The number of ketones is 1. The number of benzene rings is 1. The minimum Gasteiger partial charge on any atom is -0.475 e. The number of thiophene rings is 1. The van der Waals surface area contributed by atoms with E-state index in [1.807, 2.05) is 47.8 Å². The molecule has 0 aliphatic carbocycles. The van der Waals surface area contributed by atoms with Crippen LogP contribution in [0.4, 0.5) is 0 Å². The molecule has 0 saturated heterocycles. The second kappa shape index (κ2) is 5.91. The van der Waals surface area contributed by atoms with Gasteiger partial charge in [0, 0.05) is 10.3 Å². The van der Waals surface area contributed by atoms with Crippen LogP contribution in [0.1, 0.15) is 10.6 Å². The smallest absolute Gasteiger partial charge is 0.377 e. The molecule has 2 heterocycles. The SMILES string of the molecule is O=C(O)C(=O)/C(=C/c1cccs1)c1ccc2ccccc2n1. The molecule has 0 aliphatic heterocycles. The number of carbonyl (C=O) groups is 2. The topological polar surface area (TPSA) is 67.3 Å². The molecule has 108 valence electrons. The van der Waals surface area contributed by atoms with Crippen LogP contribution in [-0.4, -0.2) is 21.8 Å². The van der Waals surface area contributed by atoms with E-state index in [0.29, 0.717) is 5.69 Å². The van der Waals surface area contributed by atoms with Gasteiger partial charge in [-0.15, -0.1) is 11.3 Å². The number of hydrogen-bond acceptors (Lipinski definition) is 4. The van der Waals surface area contributed by atoms with E-state index in [1.165, 1.54) is 11.3 Å². The number of aromatic nitrogens is 1. The highest BCUT2D eigenvalue weighted by atomic mass is 32.1. The van der Waals surface area contributed by atoms with Crippen molar-refractivity contribution in [1.82, 2.24) is 4.98 Å². The third kappa shape index (κ3) is 2.80. The Morgan fingerprint density at radius 3 is 2.59 bits per heavy atom. The zero-order valence-electron chi connectivity index (χ0n) is 11.4. The molecule has 5 heteroatoms. The number of pyridine rings is 1. The van der Waals surface area contributed by atoms with Gasteiger partial charge in [-0.2, -0.15) is 0 Å². The van der Waals surface area contributed by atoms with Gasteiger partial charge in [0.25, 0.3) is 5.78 Å². The maximum absolute atomic E-state index is 12.0. The maximum atomic E-state index is 12.0. The number of hydrogen-bond donors (Lipinski definition) is 1. The fourth-order valence-corrected chi connectivity index (χ4v) is 2.76. The number of Topliss-reactive ketones (excluding diaryl/α,β-unsaturated/α-hetero) is 1. The van der Waals surface area contributed by atoms with Crippen LogP contribution < -0.4 is 0 Å². The number of fused-ring (bicyclic) bond motifs is 1. The summed E-state index contributed by atoms with van der Waals surface area (Å²) in [4.78, 5) is 28.3. The summed E-state index contributed by atoms with van der Waals surface area (Å²) in [5.74, 6) is -2.45. The van der Waals surface area contributed by atoms with Crippen LogP contribution in [0.5, 0.6) is 0 Å². The van der Waals surface area contributed by atoms with Gasteiger partial charge in [-0.25, -0.2) is 9.78 Å². The third-order valence-corrected chi connectivity index (χ3v) is 3.96. The van der Waals surface area contributed by atoms with Crippen molar-refractivity contribution in [3.05, 3.63) is 64.5 Å². The van der Waals surface area contributed by atoms with Gasteiger partial charge in [-0.3, -0.25) is 4.79 Å². The highest BCUT2D eigenvalue weighted by Crippen LogP contribution is 2.23. The Kier molecular flexibility index (Phi) is 3.80. The predicted molar refractivity (Wildman–Crippen MR) is 86.6 cm³/mol. The lowest BCUT2D eigenvalue weighted by Crippen LogP contribution is -2.15. The summed E-state index contributed by atoms with van der Waals surface area (Å²) in [5.41, 5.74) is 1.16. The quantitative estimate of drug-likeness (QED) is 0.592. The molecule has 3 aromatic rings. The Morgan fingerprint density at radius 2 is 1.86 bits per heavy atom. The average molecular weight is 309 g/mol. The Labute approximate surface area is 130 Å². The highest BCUT2D eigenvalue weighted by molar-refractivity contribution is 7.11. The van der Waals surface area contributed by atoms with Crippen molar-refractivity contribution in [2.24, 2.45) is 0 Å². The van der Waals surface area contributed by atoms with Crippen molar-refractivity contribution in [1.29, 1.82) is 0 Å². The molecule has 1 N–H and O–H groups in total. The van der Waals surface area contributed by atoms with Gasteiger partial charge in [0.1, 0.15) is 0 Å². The molecule has 4 nitrogen and oxygen atoms in total. The molecular formula is C17H11NO3S. The Balaban J connectivity index is 2.15. The van der Waals surface area contributed by atoms with Crippen LogP contribution in [0, 0.1) is 0 Å². The van der Waals surface area contributed by atoms with E-state index in [2.05, 4.69) is 4.98 Å². The van der Waals surface area contributed by atoms with Crippen LogP contribution >= 0.6 is 11.3 Å². The second-order valence-electron chi connectivity index (χ2n) is 4.60. The first-order valence-corrected chi connectivity index (χ1v) is 7.42. The zero-order chi connectivity index (χ0) is 15.5. The molecular weight excluding hydrogens is 298 g/mol. The van der Waals surface area contributed by atoms with Gasteiger partial charge in [0.2, 0.25) is 0 Å².